The summed E-state index contributed by atoms with van der Waals surface area (Å²) < 4.78 is 40.6. The van der Waals surface area contributed by atoms with E-state index in [0.29, 0.717) is 42.3 Å². The van der Waals surface area contributed by atoms with E-state index in [9.17, 15) is 13.8 Å². The molecule has 4 aromatic rings. The maximum Gasteiger partial charge on any atom is 0.285 e. The first-order valence-corrected chi connectivity index (χ1v) is 12.0. The van der Waals surface area contributed by atoms with Crippen molar-refractivity contribution in [3.05, 3.63) is 89.6 Å². The van der Waals surface area contributed by atoms with Crippen LogP contribution in [0.5, 0.6) is 5.88 Å². The molecule has 182 valence electrons. The van der Waals surface area contributed by atoms with E-state index in [1.54, 1.807) is 42.6 Å². The van der Waals surface area contributed by atoms with Crippen molar-refractivity contribution in [1.82, 2.24) is 10.1 Å². The Balaban J connectivity index is 1.35. The Morgan fingerprint density at radius 1 is 1.17 bits per heavy atom. The van der Waals surface area contributed by atoms with Crippen LogP contribution in [0, 0.1) is 5.82 Å². The summed E-state index contributed by atoms with van der Waals surface area (Å²) in [4.78, 5) is 23.9. The predicted octanol–water partition coefficient (Wildman–Crippen LogP) is 2.39. The lowest BCUT2D eigenvalue weighted by molar-refractivity contribution is -0.712. The summed E-state index contributed by atoms with van der Waals surface area (Å²) in [6.07, 6.45) is 4.27. The van der Waals surface area contributed by atoms with Crippen LogP contribution < -0.4 is 19.9 Å². The summed E-state index contributed by atoms with van der Waals surface area (Å²) in [5.41, 5.74) is 9.06. The lowest BCUT2D eigenvalue weighted by atomic mass is 10.1. The van der Waals surface area contributed by atoms with Crippen LogP contribution in [0.2, 0.25) is 0 Å². The number of aromatic nitrogens is 3. The van der Waals surface area contributed by atoms with Crippen LogP contribution in [0.25, 0.3) is 11.3 Å². The Hall–Kier alpha value is -3.63. The highest BCUT2D eigenvalue weighted by molar-refractivity contribution is 7.44. The fourth-order valence-electron chi connectivity index (χ4n) is 3.28. The molecule has 0 spiro atoms. The minimum absolute atomic E-state index is 0.174. The molecule has 4 rings (SSSR count). The predicted molar refractivity (Wildman–Crippen MR) is 120 cm³/mol. The normalized spacial score (nSPS) is 12.9. The number of phosphoric ester groups is 1. The third kappa shape index (κ3) is 6.93. The molecule has 10 nitrogen and oxygen atoms in total. The molecule has 35 heavy (non-hydrogen) atoms. The zero-order valence-electron chi connectivity index (χ0n) is 18.4. The van der Waals surface area contributed by atoms with Crippen molar-refractivity contribution in [2.45, 2.75) is 19.6 Å². The molecule has 1 aromatic carbocycles. The number of nitrogen functional groups attached to an aromatic ring is 1. The van der Waals surface area contributed by atoms with Crippen LogP contribution in [0.4, 0.5) is 10.2 Å². The zero-order valence-corrected chi connectivity index (χ0v) is 19.3. The number of phosphoric acid groups is 1. The fraction of sp³-hybridized carbons (Fsp3) is 0.174. The first kappa shape index (κ1) is 24.5. The van der Waals surface area contributed by atoms with Crippen LogP contribution >= 0.6 is 7.82 Å². The van der Waals surface area contributed by atoms with E-state index < -0.39 is 14.6 Å². The number of rotatable bonds is 10. The smallest absolute Gasteiger partial charge is 0.285 e. The minimum Gasteiger partial charge on any atom is -0.756 e. The molecule has 1 unspecified atom stereocenters. The minimum atomic E-state index is -4.89. The molecule has 0 aliphatic rings. The van der Waals surface area contributed by atoms with E-state index in [4.69, 9.17) is 19.9 Å². The van der Waals surface area contributed by atoms with Gasteiger partial charge in [0.15, 0.2) is 12.5 Å². The van der Waals surface area contributed by atoms with Gasteiger partial charge in [0.2, 0.25) is 5.88 Å². The molecule has 0 saturated carbocycles. The van der Waals surface area contributed by atoms with E-state index in [1.807, 2.05) is 6.07 Å². The van der Waals surface area contributed by atoms with Gasteiger partial charge in [-0.25, -0.2) is 13.9 Å². The standard InChI is InChI=1S/C23H22FN4O6P/c24-18-6-3-16(4-7-18)9-11-32-22-8-5-17(14-26-22)12-19-13-21(34-27-19)20-2-1-10-28(23(20)25)15-33-35(29,30)31/h1-8,10,13-14,25H,9,11-12,15H2,(H2,29,30,31). The number of ether oxygens (including phenoxy) is 1. The van der Waals surface area contributed by atoms with Gasteiger partial charge >= 0.3 is 0 Å². The van der Waals surface area contributed by atoms with Crippen molar-refractivity contribution in [2.75, 3.05) is 12.3 Å². The molecule has 3 aromatic heterocycles. The summed E-state index contributed by atoms with van der Waals surface area (Å²) in [5, 5.41) is 4.06. The molecule has 3 N–H and O–H groups in total. The van der Waals surface area contributed by atoms with Crippen LogP contribution in [0.3, 0.4) is 0 Å². The third-order valence-corrected chi connectivity index (χ3v) is 5.48. The average Bonchev–Trinajstić information content (AvgIpc) is 3.28. The van der Waals surface area contributed by atoms with Gasteiger partial charge in [-0.3, -0.25) is 14.8 Å². The van der Waals surface area contributed by atoms with Gasteiger partial charge in [-0.1, -0.05) is 23.4 Å². The Kier molecular flexibility index (Phi) is 7.52. The summed E-state index contributed by atoms with van der Waals surface area (Å²) >= 11 is 0. The van der Waals surface area contributed by atoms with Gasteiger partial charge in [-0.15, -0.1) is 0 Å². The van der Waals surface area contributed by atoms with Crippen LogP contribution in [-0.4, -0.2) is 21.6 Å². The van der Waals surface area contributed by atoms with E-state index >= 15 is 0 Å². The van der Waals surface area contributed by atoms with E-state index in [0.717, 1.165) is 11.1 Å². The lowest BCUT2D eigenvalue weighted by Gasteiger charge is -2.14. The number of hydrogen-bond donors (Lipinski definition) is 2. The zero-order chi connectivity index (χ0) is 24.8. The number of benzene rings is 1. The van der Waals surface area contributed by atoms with Crippen molar-refractivity contribution in [2.24, 2.45) is 0 Å². The second-order valence-corrected chi connectivity index (χ2v) is 8.79. The molecule has 0 aliphatic carbocycles. The van der Waals surface area contributed by atoms with Gasteiger partial charge in [-0.05, 0) is 35.4 Å². The number of hydrogen-bond acceptors (Lipinski definition) is 8. The van der Waals surface area contributed by atoms with E-state index in [2.05, 4.69) is 14.7 Å². The molecule has 0 amide bonds. The summed E-state index contributed by atoms with van der Waals surface area (Å²) in [7, 11) is -4.89. The highest BCUT2D eigenvalue weighted by atomic mass is 31.2. The number of halogens is 1. The number of pyridine rings is 2. The fourth-order valence-corrected chi connectivity index (χ4v) is 3.55. The first-order chi connectivity index (χ1) is 16.8. The largest absolute Gasteiger partial charge is 0.756 e. The molecule has 3 heterocycles. The van der Waals surface area contributed by atoms with E-state index in [1.165, 1.54) is 22.9 Å². The van der Waals surface area contributed by atoms with Crippen molar-refractivity contribution in [3.63, 3.8) is 0 Å². The van der Waals surface area contributed by atoms with Crippen LogP contribution in [0.1, 0.15) is 16.8 Å². The van der Waals surface area contributed by atoms with Crippen molar-refractivity contribution >= 4 is 13.6 Å². The molecule has 12 heteroatoms. The van der Waals surface area contributed by atoms with Gasteiger partial charge < -0.3 is 19.0 Å². The number of nitrogens with zero attached hydrogens (tertiary/aromatic N) is 3. The second kappa shape index (κ2) is 10.7. The van der Waals surface area contributed by atoms with Gasteiger partial charge in [0, 0.05) is 31.2 Å². The summed E-state index contributed by atoms with van der Waals surface area (Å²) in [6, 6.07) is 14.9. The highest BCUT2D eigenvalue weighted by Gasteiger charge is 2.18. The summed E-state index contributed by atoms with van der Waals surface area (Å²) in [5.74, 6) is 0.765. The molecular formula is C23H22FN4O6P. The van der Waals surface area contributed by atoms with Crippen LogP contribution in [-0.2, 0) is 28.7 Å². The molecule has 0 aliphatic heterocycles. The number of nitrogens with two attached hydrogens (primary N) is 1. The molecule has 0 saturated heterocycles. The van der Waals surface area contributed by atoms with E-state index in [-0.39, 0.29) is 11.6 Å². The van der Waals surface area contributed by atoms with Gasteiger partial charge in [-0.2, -0.15) is 0 Å². The Morgan fingerprint density at radius 3 is 2.66 bits per heavy atom. The second-order valence-electron chi connectivity index (χ2n) is 7.59. The highest BCUT2D eigenvalue weighted by Crippen LogP contribution is 2.30. The molecule has 0 fully saturated rings. The third-order valence-electron chi connectivity index (χ3n) is 5.04. The van der Waals surface area contributed by atoms with Gasteiger partial charge in [0.25, 0.3) is 13.6 Å². The Morgan fingerprint density at radius 2 is 1.94 bits per heavy atom. The molecular weight excluding hydrogens is 478 g/mol. The Labute approximate surface area is 200 Å². The quantitative estimate of drug-likeness (QED) is 0.247. The van der Waals surface area contributed by atoms with Crippen LogP contribution in [0.15, 0.2) is 71.5 Å². The molecule has 0 bridgehead atoms. The Bertz CT molecular complexity index is 1320. The van der Waals surface area contributed by atoms with Crippen molar-refractivity contribution in [3.8, 4) is 17.2 Å². The van der Waals surface area contributed by atoms with Crippen molar-refractivity contribution in [1.29, 1.82) is 0 Å². The van der Waals surface area contributed by atoms with Crippen molar-refractivity contribution < 1.29 is 37.1 Å². The maximum atomic E-state index is 13.0. The topological polar surface area (TPSA) is 148 Å². The number of anilines is 1. The molecule has 0 radical (unpaired) electrons. The average molecular weight is 500 g/mol. The first-order valence-electron chi connectivity index (χ1n) is 10.5. The van der Waals surface area contributed by atoms with Gasteiger partial charge in [0.05, 0.1) is 18.5 Å². The van der Waals surface area contributed by atoms with Gasteiger partial charge in [0.1, 0.15) is 11.4 Å². The molecule has 1 atom stereocenters. The maximum absolute atomic E-state index is 13.0. The SMILES string of the molecule is Nc1c(-c2cc(Cc3ccc(OCCc4ccc(F)cc4)nc3)no2)ccc[n+]1COP(=O)([O-])O. The summed E-state index contributed by atoms with van der Waals surface area (Å²) in [6.45, 7) is -0.0687. The monoisotopic (exact) mass is 500 g/mol. The lowest BCUT2D eigenvalue weighted by Crippen LogP contribution is -2.38.